The molecule has 0 amide bonds. The number of ether oxygens (including phenoxy) is 1. The molecule has 0 saturated carbocycles. The molecule has 1 saturated heterocycles. The van der Waals surface area contributed by atoms with E-state index < -0.39 is 0 Å². The number of anilines is 2. The number of nitrogens with two attached hydrogens (primary N) is 1. The molecule has 4 rings (SSSR count). The lowest BCUT2D eigenvalue weighted by molar-refractivity contribution is 0.414. The summed E-state index contributed by atoms with van der Waals surface area (Å²) in [7, 11) is 1.66. The molecule has 3 aromatic rings. The van der Waals surface area contributed by atoms with Crippen LogP contribution in [0.1, 0.15) is 24.8 Å². The van der Waals surface area contributed by atoms with Crippen LogP contribution in [-0.2, 0) is 6.54 Å². The van der Waals surface area contributed by atoms with Gasteiger partial charge >= 0.3 is 0 Å². The minimum Gasteiger partial charge on any atom is -0.497 e. The summed E-state index contributed by atoms with van der Waals surface area (Å²) in [5.74, 6) is 2.54. The topological polar surface area (TPSA) is 69.2 Å². The zero-order chi connectivity index (χ0) is 18.6. The SMILES string of the molecule is COc1ccc(Cn2ncc(-c3ccc(N4CCCCC4)nc3)c2N)cc1. The molecule has 3 heterocycles. The number of rotatable bonds is 5. The number of nitrogens with zero attached hydrogens (tertiary/aromatic N) is 4. The van der Waals surface area contributed by atoms with Crippen LogP contribution in [-0.4, -0.2) is 35.0 Å². The molecule has 140 valence electrons. The zero-order valence-electron chi connectivity index (χ0n) is 15.6. The highest BCUT2D eigenvalue weighted by molar-refractivity contribution is 5.73. The minimum absolute atomic E-state index is 0.620. The number of aromatic nitrogens is 3. The minimum atomic E-state index is 0.620. The van der Waals surface area contributed by atoms with Crippen LogP contribution < -0.4 is 15.4 Å². The van der Waals surface area contributed by atoms with Crippen LogP contribution >= 0.6 is 0 Å². The molecule has 6 nitrogen and oxygen atoms in total. The molecule has 1 aliphatic heterocycles. The second-order valence-electron chi connectivity index (χ2n) is 6.90. The first-order valence-corrected chi connectivity index (χ1v) is 9.40. The predicted molar refractivity (Wildman–Crippen MR) is 108 cm³/mol. The Morgan fingerprint density at radius 2 is 1.78 bits per heavy atom. The molecular formula is C21H25N5O. The fourth-order valence-corrected chi connectivity index (χ4v) is 3.50. The van der Waals surface area contributed by atoms with Gasteiger partial charge in [-0.05, 0) is 49.1 Å². The average Bonchev–Trinajstić information content (AvgIpc) is 3.09. The lowest BCUT2D eigenvalue weighted by Gasteiger charge is -2.27. The van der Waals surface area contributed by atoms with E-state index in [4.69, 9.17) is 10.5 Å². The second kappa shape index (κ2) is 7.70. The van der Waals surface area contributed by atoms with Crippen molar-refractivity contribution in [3.05, 3.63) is 54.4 Å². The maximum Gasteiger partial charge on any atom is 0.130 e. The molecule has 27 heavy (non-hydrogen) atoms. The van der Waals surface area contributed by atoms with Crippen LogP contribution in [0.5, 0.6) is 5.75 Å². The Bertz CT molecular complexity index is 880. The van der Waals surface area contributed by atoms with Crippen LogP contribution in [0.15, 0.2) is 48.8 Å². The number of piperidine rings is 1. The Morgan fingerprint density at radius 3 is 2.44 bits per heavy atom. The first-order valence-electron chi connectivity index (χ1n) is 9.40. The maximum atomic E-state index is 6.36. The fraction of sp³-hybridized carbons (Fsp3) is 0.333. The number of methoxy groups -OCH3 is 1. The van der Waals surface area contributed by atoms with Crippen molar-refractivity contribution < 1.29 is 4.74 Å². The molecule has 0 atom stereocenters. The summed E-state index contributed by atoms with van der Waals surface area (Å²) < 4.78 is 7.02. The Balaban J connectivity index is 1.50. The highest BCUT2D eigenvalue weighted by atomic mass is 16.5. The van der Waals surface area contributed by atoms with Crippen molar-refractivity contribution in [1.82, 2.24) is 14.8 Å². The van der Waals surface area contributed by atoms with Crippen LogP contribution in [0.3, 0.4) is 0 Å². The standard InChI is InChI=1S/C21H25N5O/c1-27-18-8-5-16(6-9-18)15-26-21(22)19(14-24-26)17-7-10-20(23-13-17)25-11-3-2-4-12-25/h5-10,13-14H,2-4,11-12,15,22H2,1H3. The number of hydrogen-bond acceptors (Lipinski definition) is 5. The van der Waals surface area contributed by atoms with Gasteiger partial charge in [0.05, 0.1) is 19.9 Å². The van der Waals surface area contributed by atoms with Crippen LogP contribution in [0, 0.1) is 0 Å². The normalized spacial score (nSPS) is 14.3. The summed E-state index contributed by atoms with van der Waals surface area (Å²) in [6.07, 6.45) is 7.52. The Kier molecular flexibility index (Phi) is 4.96. The number of pyridine rings is 1. The summed E-state index contributed by atoms with van der Waals surface area (Å²) in [5, 5.41) is 4.46. The van der Waals surface area contributed by atoms with Crippen molar-refractivity contribution in [1.29, 1.82) is 0 Å². The van der Waals surface area contributed by atoms with Gasteiger partial charge in [0.25, 0.3) is 0 Å². The van der Waals surface area contributed by atoms with Gasteiger partial charge in [0, 0.05) is 30.4 Å². The summed E-state index contributed by atoms with van der Waals surface area (Å²) in [4.78, 5) is 7.00. The molecule has 0 spiro atoms. The molecule has 2 N–H and O–H groups in total. The van der Waals surface area contributed by atoms with Crippen LogP contribution in [0.2, 0.25) is 0 Å². The van der Waals surface area contributed by atoms with E-state index >= 15 is 0 Å². The van der Waals surface area contributed by atoms with Crippen molar-refractivity contribution in [2.45, 2.75) is 25.8 Å². The monoisotopic (exact) mass is 363 g/mol. The molecule has 2 aromatic heterocycles. The predicted octanol–water partition coefficient (Wildman–Crippen LogP) is 3.57. The van der Waals surface area contributed by atoms with E-state index in [1.54, 1.807) is 7.11 Å². The maximum absolute atomic E-state index is 6.36. The molecule has 1 aromatic carbocycles. The second-order valence-corrected chi connectivity index (χ2v) is 6.90. The number of benzene rings is 1. The van der Waals surface area contributed by atoms with Gasteiger partial charge in [0.1, 0.15) is 17.4 Å². The van der Waals surface area contributed by atoms with E-state index in [0.717, 1.165) is 41.3 Å². The van der Waals surface area contributed by atoms with Crippen LogP contribution in [0.4, 0.5) is 11.6 Å². The lowest BCUT2D eigenvalue weighted by Crippen LogP contribution is -2.29. The van der Waals surface area contributed by atoms with Gasteiger partial charge in [0.15, 0.2) is 0 Å². The van der Waals surface area contributed by atoms with E-state index in [2.05, 4.69) is 27.1 Å². The van der Waals surface area contributed by atoms with E-state index in [1.807, 2.05) is 41.3 Å². The smallest absolute Gasteiger partial charge is 0.130 e. The summed E-state index contributed by atoms with van der Waals surface area (Å²) in [6, 6.07) is 12.1. The van der Waals surface area contributed by atoms with E-state index in [0.29, 0.717) is 12.4 Å². The van der Waals surface area contributed by atoms with Crippen LogP contribution in [0.25, 0.3) is 11.1 Å². The highest BCUT2D eigenvalue weighted by Gasteiger charge is 2.14. The number of hydrogen-bond donors (Lipinski definition) is 1. The first-order chi connectivity index (χ1) is 13.2. The van der Waals surface area contributed by atoms with E-state index in [-0.39, 0.29) is 0 Å². The van der Waals surface area contributed by atoms with Crippen molar-refractivity contribution in [2.75, 3.05) is 30.8 Å². The third-order valence-corrected chi connectivity index (χ3v) is 5.11. The fourth-order valence-electron chi connectivity index (χ4n) is 3.50. The third kappa shape index (κ3) is 3.74. The van der Waals surface area contributed by atoms with Gasteiger partial charge in [-0.15, -0.1) is 0 Å². The molecule has 1 aliphatic rings. The third-order valence-electron chi connectivity index (χ3n) is 5.11. The quantitative estimate of drug-likeness (QED) is 0.750. The van der Waals surface area contributed by atoms with Gasteiger partial charge in [-0.2, -0.15) is 5.10 Å². The van der Waals surface area contributed by atoms with Gasteiger partial charge in [-0.1, -0.05) is 12.1 Å². The van der Waals surface area contributed by atoms with Gasteiger partial charge in [-0.25, -0.2) is 9.67 Å². The lowest BCUT2D eigenvalue weighted by atomic mass is 10.1. The zero-order valence-corrected chi connectivity index (χ0v) is 15.6. The van der Waals surface area contributed by atoms with Gasteiger partial charge < -0.3 is 15.4 Å². The van der Waals surface area contributed by atoms with Crippen molar-refractivity contribution in [2.24, 2.45) is 0 Å². The van der Waals surface area contributed by atoms with Crippen molar-refractivity contribution in [3.63, 3.8) is 0 Å². The Labute approximate surface area is 159 Å². The molecule has 1 fully saturated rings. The summed E-state index contributed by atoms with van der Waals surface area (Å²) >= 11 is 0. The molecule has 6 heteroatoms. The summed E-state index contributed by atoms with van der Waals surface area (Å²) in [6.45, 7) is 2.80. The van der Waals surface area contributed by atoms with Crippen molar-refractivity contribution in [3.8, 4) is 16.9 Å². The molecular weight excluding hydrogens is 338 g/mol. The Hall–Kier alpha value is -3.02. The average molecular weight is 363 g/mol. The Morgan fingerprint density at radius 1 is 1.00 bits per heavy atom. The van der Waals surface area contributed by atoms with E-state index in [9.17, 15) is 0 Å². The first kappa shape index (κ1) is 17.4. The van der Waals surface area contributed by atoms with Gasteiger partial charge in [0.2, 0.25) is 0 Å². The molecule has 0 bridgehead atoms. The largest absolute Gasteiger partial charge is 0.497 e. The highest BCUT2D eigenvalue weighted by Crippen LogP contribution is 2.27. The van der Waals surface area contributed by atoms with Crippen molar-refractivity contribution >= 4 is 11.6 Å². The van der Waals surface area contributed by atoms with E-state index in [1.165, 1.54) is 19.3 Å². The number of nitrogen functional groups attached to an aromatic ring is 1. The summed E-state index contributed by atoms with van der Waals surface area (Å²) in [5.41, 5.74) is 9.39. The molecule has 0 unspecified atom stereocenters. The molecule has 0 radical (unpaired) electrons. The molecule has 0 aliphatic carbocycles. The van der Waals surface area contributed by atoms with Gasteiger partial charge in [-0.3, -0.25) is 0 Å².